The molecule has 23 heavy (non-hydrogen) atoms. The van der Waals surface area contributed by atoms with E-state index in [1.807, 2.05) is 14.0 Å². The summed E-state index contributed by atoms with van der Waals surface area (Å²) in [7, 11) is 1.82. The molecule has 0 aromatic carbocycles. The van der Waals surface area contributed by atoms with Crippen LogP contribution < -0.4 is 10.6 Å². The first-order valence-corrected chi connectivity index (χ1v) is 8.95. The summed E-state index contributed by atoms with van der Waals surface area (Å²) in [5.41, 5.74) is 0.408. The molecule has 1 amide bonds. The summed E-state index contributed by atoms with van der Waals surface area (Å²) >= 11 is 0. The summed E-state index contributed by atoms with van der Waals surface area (Å²) < 4.78 is 5.06. The van der Waals surface area contributed by atoms with Gasteiger partial charge in [0.1, 0.15) is 0 Å². The van der Waals surface area contributed by atoms with Gasteiger partial charge in [-0.3, -0.25) is 4.99 Å². The average Bonchev–Trinajstić information content (AvgIpc) is 2.99. The van der Waals surface area contributed by atoms with Crippen LogP contribution in [0, 0.1) is 5.41 Å². The average molecular weight is 324 g/mol. The third kappa shape index (κ3) is 5.29. The zero-order valence-corrected chi connectivity index (χ0v) is 14.9. The quantitative estimate of drug-likeness (QED) is 0.615. The first-order valence-electron chi connectivity index (χ1n) is 8.95. The van der Waals surface area contributed by atoms with Gasteiger partial charge in [-0.1, -0.05) is 19.8 Å². The SMILES string of the molecule is CCOC(=O)N1CCC(NC(=NC)NCC2(C)CCCC2)CC1. The smallest absolute Gasteiger partial charge is 0.409 e. The van der Waals surface area contributed by atoms with E-state index < -0.39 is 0 Å². The molecular weight excluding hydrogens is 292 g/mol. The van der Waals surface area contributed by atoms with Gasteiger partial charge in [-0.25, -0.2) is 4.79 Å². The number of nitrogens with zero attached hydrogens (tertiary/aromatic N) is 2. The van der Waals surface area contributed by atoms with E-state index in [0.717, 1.165) is 38.4 Å². The summed E-state index contributed by atoms with van der Waals surface area (Å²) in [6, 6.07) is 0.364. The van der Waals surface area contributed by atoms with E-state index in [4.69, 9.17) is 4.74 Å². The molecule has 2 fully saturated rings. The Bertz CT molecular complexity index is 411. The number of ether oxygens (including phenoxy) is 1. The van der Waals surface area contributed by atoms with E-state index in [0.29, 0.717) is 18.1 Å². The molecule has 1 aliphatic heterocycles. The van der Waals surface area contributed by atoms with Crippen LogP contribution in [0.25, 0.3) is 0 Å². The first kappa shape index (κ1) is 17.9. The molecule has 6 heteroatoms. The number of carbonyl (C=O) groups excluding carboxylic acids is 1. The lowest BCUT2D eigenvalue weighted by Crippen LogP contribution is -2.51. The third-order valence-electron chi connectivity index (χ3n) is 5.08. The van der Waals surface area contributed by atoms with Crippen molar-refractivity contribution in [3.05, 3.63) is 0 Å². The molecule has 1 aliphatic carbocycles. The molecular formula is C17H32N4O2. The first-order chi connectivity index (χ1) is 11.1. The van der Waals surface area contributed by atoms with E-state index in [2.05, 4.69) is 22.5 Å². The Kier molecular flexibility index (Phi) is 6.54. The Morgan fingerprint density at radius 1 is 1.30 bits per heavy atom. The molecule has 0 bridgehead atoms. The van der Waals surface area contributed by atoms with Crippen LogP contribution in [0.1, 0.15) is 52.4 Å². The normalized spacial score (nSPS) is 22.0. The van der Waals surface area contributed by atoms with Gasteiger partial charge < -0.3 is 20.3 Å². The lowest BCUT2D eigenvalue weighted by molar-refractivity contribution is 0.0963. The molecule has 0 aromatic rings. The largest absolute Gasteiger partial charge is 0.450 e. The van der Waals surface area contributed by atoms with Gasteiger partial charge >= 0.3 is 6.09 Å². The maximum absolute atomic E-state index is 11.7. The van der Waals surface area contributed by atoms with Crippen LogP contribution in [-0.4, -0.2) is 56.3 Å². The summed E-state index contributed by atoms with van der Waals surface area (Å²) in [6.07, 6.45) is 6.95. The van der Waals surface area contributed by atoms with E-state index in [1.165, 1.54) is 25.7 Å². The van der Waals surface area contributed by atoms with Crippen molar-refractivity contribution in [2.24, 2.45) is 10.4 Å². The minimum absolute atomic E-state index is 0.192. The number of hydrogen-bond donors (Lipinski definition) is 2. The van der Waals surface area contributed by atoms with E-state index in [9.17, 15) is 4.79 Å². The fourth-order valence-electron chi connectivity index (χ4n) is 3.51. The highest BCUT2D eigenvalue weighted by Crippen LogP contribution is 2.36. The molecule has 6 nitrogen and oxygen atoms in total. The summed E-state index contributed by atoms with van der Waals surface area (Å²) in [5, 5.41) is 6.99. The van der Waals surface area contributed by atoms with Gasteiger partial charge in [-0.2, -0.15) is 0 Å². The number of rotatable bonds is 4. The van der Waals surface area contributed by atoms with Crippen LogP contribution in [0.15, 0.2) is 4.99 Å². The van der Waals surface area contributed by atoms with Crippen LogP contribution in [0.5, 0.6) is 0 Å². The lowest BCUT2D eigenvalue weighted by Gasteiger charge is -2.33. The van der Waals surface area contributed by atoms with Crippen LogP contribution in [0.4, 0.5) is 4.79 Å². The van der Waals surface area contributed by atoms with E-state index in [1.54, 1.807) is 4.90 Å². The molecule has 132 valence electrons. The highest BCUT2D eigenvalue weighted by atomic mass is 16.6. The molecule has 0 spiro atoms. The van der Waals surface area contributed by atoms with Crippen LogP contribution in [-0.2, 0) is 4.74 Å². The summed E-state index contributed by atoms with van der Waals surface area (Å²) in [5.74, 6) is 0.882. The monoisotopic (exact) mass is 324 g/mol. The van der Waals surface area contributed by atoms with Crippen molar-refractivity contribution in [2.75, 3.05) is 33.3 Å². The molecule has 0 radical (unpaired) electrons. The fourth-order valence-corrected chi connectivity index (χ4v) is 3.51. The Morgan fingerprint density at radius 2 is 1.96 bits per heavy atom. The molecule has 1 saturated heterocycles. The summed E-state index contributed by atoms with van der Waals surface area (Å²) in [6.45, 7) is 7.10. The standard InChI is InChI=1S/C17H32N4O2/c1-4-23-16(22)21-11-7-14(8-12-21)20-15(18-3)19-13-17(2)9-5-6-10-17/h14H,4-13H2,1-3H3,(H2,18,19,20). The highest BCUT2D eigenvalue weighted by molar-refractivity contribution is 5.80. The number of aliphatic imine (C=N–C) groups is 1. The van der Waals surface area contributed by atoms with Crippen molar-refractivity contribution in [1.82, 2.24) is 15.5 Å². The van der Waals surface area contributed by atoms with E-state index >= 15 is 0 Å². The van der Waals surface area contributed by atoms with Crippen molar-refractivity contribution in [3.63, 3.8) is 0 Å². The lowest BCUT2D eigenvalue weighted by atomic mass is 9.89. The van der Waals surface area contributed by atoms with Crippen LogP contribution >= 0.6 is 0 Å². The number of amides is 1. The van der Waals surface area contributed by atoms with Crippen molar-refractivity contribution >= 4 is 12.1 Å². The molecule has 1 heterocycles. The number of hydrogen-bond acceptors (Lipinski definition) is 3. The second kappa shape index (κ2) is 8.41. The number of carbonyl (C=O) groups is 1. The van der Waals surface area contributed by atoms with Gasteiger partial charge in [0.25, 0.3) is 0 Å². The molecule has 2 aliphatic rings. The molecule has 2 rings (SSSR count). The highest BCUT2D eigenvalue weighted by Gasteiger charge is 2.29. The molecule has 2 N–H and O–H groups in total. The zero-order valence-electron chi connectivity index (χ0n) is 14.9. The minimum Gasteiger partial charge on any atom is -0.450 e. The number of likely N-dealkylation sites (tertiary alicyclic amines) is 1. The maximum Gasteiger partial charge on any atom is 0.409 e. The minimum atomic E-state index is -0.192. The molecule has 0 unspecified atom stereocenters. The zero-order chi connectivity index (χ0) is 16.7. The molecule has 0 aromatic heterocycles. The number of nitrogens with one attached hydrogen (secondary N) is 2. The van der Waals surface area contributed by atoms with Crippen LogP contribution in [0.3, 0.4) is 0 Å². The van der Waals surface area contributed by atoms with Crippen molar-refractivity contribution in [3.8, 4) is 0 Å². The molecule has 1 saturated carbocycles. The van der Waals surface area contributed by atoms with E-state index in [-0.39, 0.29) is 6.09 Å². The van der Waals surface area contributed by atoms with Gasteiger partial charge in [-0.05, 0) is 38.0 Å². The van der Waals surface area contributed by atoms with Gasteiger partial charge in [0.2, 0.25) is 0 Å². The maximum atomic E-state index is 11.7. The Hall–Kier alpha value is -1.46. The predicted molar refractivity (Wildman–Crippen MR) is 92.7 cm³/mol. The second-order valence-corrected chi connectivity index (χ2v) is 7.05. The second-order valence-electron chi connectivity index (χ2n) is 7.05. The number of piperidine rings is 1. The number of guanidine groups is 1. The Labute approximate surface area is 140 Å². The Balaban J connectivity index is 1.72. The fraction of sp³-hybridized carbons (Fsp3) is 0.882. The summed E-state index contributed by atoms with van der Waals surface area (Å²) in [4.78, 5) is 17.9. The Morgan fingerprint density at radius 3 is 2.52 bits per heavy atom. The molecule has 0 atom stereocenters. The topological polar surface area (TPSA) is 66.0 Å². The van der Waals surface area contributed by atoms with Crippen LogP contribution in [0.2, 0.25) is 0 Å². The van der Waals surface area contributed by atoms with Gasteiger partial charge in [0, 0.05) is 32.7 Å². The van der Waals surface area contributed by atoms with Crippen molar-refractivity contribution in [2.45, 2.75) is 58.4 Å². The predicted octanol–water partition coefficient (Wildman–Crippen LogP) is 2.35. The van der Waals surface area contributed by atoms with Gasteiger partial charge in [-0.15, -0.1) is 0 Å². The van der Waals surface area contributed by atoms with Gasteiger partial charge in [0.15, 0.2) is 5.96 Å². The third-order valence-corrected chi connectivity index (χ3v) is 5.08. The van der Waals surface area contributed by atoms with Crippen molar-refractivity contribution < 1.29 is 9.53 Å². The van der Waals surface area contributed by atoms with Gasteiger partial charge in [0.05, 0.1) is 6.61 Å². The van der Waals surface area contributed by atoms with Crippen molar-refractivity contribution in [1.29, 1.82) is 0 Å².